The summed E-state index contributed by atoms with van der Waals surface area (Å²) in [5.41, 5.74) is 1.26. The maximum atomic E-state index is 12.4. The summed E-state index contributed by atoms with van der Waals surface area (Å²) in [7, 11) is 0. The van der Waals surface area contributed by atoms with Crippen molar-refractivity contribution in [2.45, 2.75) is 20.0 Å². The number of halogens is 3. The summed E-state index contributed by atoms with van der Waals surface area (Å²) in [6.45, 7) is 2.92. The number of aryl methyl sites for hydroxylation is 1. The van der Waals surface area contributed by atoms with Crippen molar-refractivity contribution >= 4 is 46.5 Å². The van der Waals surface area contributed by atoms with E-state index in [-0.39, 0.29) is 5.91 Å². The maximum absolute atomic E-state index is 12.4. The van der Waals surface area contributed by atoms with Crippen molar-refractivity contribution in [1.82, 2.24) is 19.6 Å². The molecule has 0 unspecified atom stereocenters. The molecule has 0 saturated heterocycles. The molecule has 6 nitrogen and oxygen atoms in total. The van der Waals surface area contributed by atoms with Gasteiger partial charge in [0.25, 0.3) is 5.91 Å². The molecule has 1 aromatic carbocycles. The SMILES string of the molecule is CCn1ncc(Cl)c1C(=O)Nc1ccn(Cc2ccc(Cl)c(Cl)c2)n1. The third-order valence-electron chi connectivity index (χ3n) is 3.52. The molecular formula is C16H14Cl3N5O. The van der Waals surface area contributed by atoms with E-state index in [1.807, 2.05) is 13.0 Å². The van der Waals surface area contributed by atoms with E-state index < -0.39 is 0 Å². The lowest BCUT2D eigenvalue weighted by molar-refractivity contribution is 0.101. The Morgan fingerprint density at radius 3 is 2.68 bits per heavy atom. The van der Waals surface area contributed by atoms with Gasteiger partial charge in [0.05, 0.1) is 27.8 Å². The highest BCUT2D eigenvalue weighted by Crippen LogP contribution is 2.23. The first kappa shape index (κ1) is 17.8. The lowest BCUT2D eigenvalue weighted by atomic mass is 10.2. The molecule has 130 valence electrons. The zero-order valence-electron chi connectivity index (χ0n) is 13.2. The van der Waals surface area contributed by atoms with Crippen LogP contribution >= 0.6 is 34.8 Å². The normalized spacial score (nSPS) is 10.9. The van der Waals surface area contributed by atoms with Gasteiger partial charge in [-0.05, 0) is 24.6 Å². The first-order valence-corrected chi connectivity index (χ1v) is 8.61. The zero-order chi connectivity index (χ0) is 18.0. The number of benzene rings is 1. The van der Waals surface area contributed by atoms with Crippen molar-refractivity contribution in [2.75, 3.05) is 5.32 Å². The van der Waals surface area contributed by atoms with E-state index in [2.05, 4.69) is 15.5 Å². The van der Waals surface area contributed by atoms with E-state index in [1.54, 1.807) is 29.1 Å². The van der Waals surface area contributed by atoms with Crippen LogP contribution in [0.2, 0.25) is 15.1 Å². The second-order valence-corrected chi connectivity index (χ2v) is 6.48. The Morgan fingerprint density at radius 1 is 1.16 bits per heavy atom. The van der Waals surface area contributed by atoms with Gasteiger partial charge >= 0.3 is 0 Å². The molecule has 0 atom stereocenters. The highest BCUT2D eigenvalue weighted by molar-refractivity contribution is 6.42. The van der Waals surface area contributed by atoms with Crippen LogP contribution in [-0.2, 0) is 13.1 Å². The molecule has 25 heavy (non-hydrogen) atoms. The first-order chi connectivity index (χ1) is 12.0. The molecular weight excluding hydrogens is 385 g/mol. The molecule has 3 aromatic rings. The lowest BCUT2D eigenvalue weighted by Gasteiger charge is -2.06. The molecule has 0 aliphatic rings. The highest BCUT2D eigenvalue weighted by Gasteiger charge is 2.17. The van der Waals surface area contributed by atoms with E-state index in [9.17, 15) is 4.79 Å². The van der Waals surface area contributed by atoms with Crippen molar-refractivity contribution in [3.8, 4) is 0 Å². The molecule has 0 aliphatic heterocycles. The molecule has 2 aromatic heterocycles. The molecule has 9 heteroatoms. The summed E-state index contributed by atoms with van der Waals surface area (Å²) >= 11 is 18.0. The summed E-state index contributed by atoms with van der Waals surface area (Å²) in [6.07, 6.45) is 3.21. The van der Waals surface area contributed by atoms with Crippen LogP contribution in [0.4, 0.5) is 5.82 Å². The minimum absolute atomic E-state index is 0.301. The molecule has 0 radical (unpaired) electrons. The predicted molar refractivity (Wildman–Crippen MR) is 98.7 cm³/mol. The van der Waals surface area contributed by atoms with Gasteiger partial charge in [0, 0.05) is 18.8 Å². The summed E-state index contributed by atoms with van der Waals surface area (Å²) < 4.78 is 3.22. The first-order valence-electron chi connectivity index (χ1n) is 7.48. The second kappa shape index (κ2) is 7.47. The van der Waals surface area contributed by atoms with E-state index in [4.69, 9.17) is 34.8 Å². The number of nitrogens with one attached hydrogen (secondary N) is 1. The molecule has 0 fully saturated rings. The quantitative estimate of drug-likeness (QED) is 0.694. The van der Waals surface area contributed by atoms with Crippen molar-refractivity contribution in [3.63, 3.8) is 0 Å². The van der Waals surface area contributed by atoms with Gasteiger partial charge in [0.2, 0.25) is 0 Å². The fourth-order valence-electron chi connectivity index (χ4n) is 2.34. The predicted octanol–water partition coefficient (Wildman–Crippen LogP) is 4.36. The third-order valence-corrected chi connectivity index (χ3v) is 4.54. The van der Waals surface area contributed by atoms with Crippen molar-refractivity contribution in [3.05, 3.63) is 63.0 Å². The molecule has 0 bridgehead atoms. The number of carbonyl (C=O) groups excluding carboxylic acids is 1. The summed E-state index contributed by atoms with van der Waals surface area (Å²) in [6, 6.07) is 7.09. The van der Waals surface area contributed by atoms with E-state index in [0.717, 1.165) is 5.56 Å². The molecule has 3 rings (SSSR count). The summed E-state index contributed by atoms with van der Waals surface area (Å²) in [5, 5.41) is 12.4. The number of rotatable bonds is 5. The molecule has 2 heterocycles. The van der Waals surface area contributed by atoms with Gasteiger partial charge in [-0.25, -0.2) is 0 Å². The Balaban J connectivity index is 1.72. The fraction of sp³-hybridized carbons (Fsp3) is 0.188. The van der Waals surface area contributed by atoms with Crippen LogP contribution in [-0.4, -0.2) is 25.5 Å². The van der Waals surface area contributed by atoms with Crippen LogP contribution in [0.15, 0.2) is 36.7 Å². The Kier molecular flexibility index (Phi) is 5.32. The number of carbonyl (C=O) groups is 1. The Bertz CT molecular complexity index is 918. The number of hydrogen-bond donors (Lipinski definition) is 1. The van der Waals surface area contributed by atoms with Crippen LogP contribution in [0.5, 0.6) is 0 Å². The number of amides is 1. The van der Waals surface area contributed by atoms with Crippen LogP contribution in [0.3, 0.4) is 0 Å². The minimum atomic E-state index is -0.357. The molecule has 1 amide bonds. The van der Waals surface area contributed by atoms with E-state index in [1.165, 1.54) is 10.9 Å². The lowest BCUT2D eigenvalue weighted by Crippen LogP contribution is -2.18. The molecule has 0 aliphatic carbocycles. The van der Waals surface area contributed by atoms with Crippen molar-refractivity contribution in [1.29, 1.82) is 0 Å². The molecule has 0 saturated carbocycles. The van der Waals surface area contributed by atoms with Crippen LogP contribution in [0.25, 0.3) is 0 Å². The summed E-state index contributed by atoms with van der Waals surface area (Å²) in [4.78, 5) is 12.4. The van der Waals surface area contributed by atoms with Crippen LogP contribution < -0.4 is 5.32 Å². The Labute approximate surface area is 159 Å². The van der Waals surface area contributed by atoms with Crippen LogP contribution in [0.1, 0.15) is 23.0 Å². The third kappa shape index (κ3) is 3.98. The average Bonchev–Trinajstić information content (AvgIpc) is 3.17. The number of hydrogen-bond acceptors (Lipinski definition) is 3. The van der Waals surface area contributed by atoms with Gasteiger partial charge in [-0.2, -0.15) is 10.2 Å². The smallest absolute Gasteiger partial charge is 0.276 e. The Hall–Kier alpha value is -2.02. The van der Waals surface area contributed by atoms with Gasteiger partial charge in [0.1, 0.15) is 5.69 Å². The van der Waals surface area contributed by atoms with Gasteiger partial charge in [-0.1, -0.05) is 40.9 Å². The second-order valence-electron chi connectivity index (χ2n) is 5.26. The Morgan fingerprint density at radius 2 is 1.96 bits per heavy atom. The number of aromatic nitrogens is 4. The van der Waals surface area contributed by atoms with E-state index in [0.29, 0.717) is 39.7 Å². The van der Waals surface area contributed by atoms with Crippen molar-refractivity contribution < 1.29 is 4.79 Å². The largest absolute Gasteiger partial charge is 0.304 e. The maximum Gasteiger partial charge on any atom is 0.276 e. The fourth-order valence-corrected chi connectivity index (χ4v) is 2.89. The van der Waals surface area contributed by atoms with Gasteiger partial charge in [-0.15, -0.1) is 0 Å². The van der Waals surface area contributed by atoms with E-state index >= 15 is 0 Å². The standard InChI is InChI=1S/C16H14Cl3N5O/c1-2-24-15(13(19)8-20-24)16(25)21-14-5-6-23(22-14)9-10-3-4-11(17)12(18)7-10/h3-8H,2,9H2,1H3,(H,21,22,25). The van der Waals surface area contributed by atoms with Gasteiger partial charge < -0.3 is 5.32 Å². The molecule has 1 N–H and O–H groups in total. The average molecular weight is 399 g/mol. The summed E-state index contributed by atoms with van der Waals surface area (Å²) in [5.74, 6) is 0.0640. The van der Waals surface area contributed by atoms with Gasteiger partial charge in [0.15, 0.2) is 5.82 Å². The zero-order valence-corrected chi connectivity index (χ0v) is 15.5. The topological polar surface area (TPSA) is 64.7 Å². The van der Waals surface area contributed by atoms with Crippen LogP contribution in [0, 0.1) is 0 Å². The van der Waals surface area contributed by atoms with Crippen molar-refractivity contribution in [2.24, 2.45) is 0 Å². The number of anilines is 1. The molecule has 0 spiro atoms. The highest BCUT2D eigenvalue weighted by atomic mass is 35.5. The minimum Gasteiger partial charge on any atom is -0.304 e. The monoisotopic (exact) mass is 397 g/mol. The number of nitrogens with zero attached hydrogens (tertiary/aromatic N) is 4. The van der Waals surface area contributed by atoms with Gasteiger partial charge in [-0.3, -0.25) is 14.2 Å².